The maximum atomic E-state index is 14.2. The fourth-order valence-corrected chi connectivity index (χ4v) is 4.06. The van der Waals surface area contributed by atoms with Crippen LogP contribution in [-0.2, 0) is 11.3 Å². The molecule has 5 N–H and O–H groups in total. The average molecular weight is 582 g/mol. The Kier molecular flexibility index (Phi) is 9.30. The van der Waals surface area contributed by atoms with Crippen LogP contribution in [0, 0.1) is 5.82 Å². The third-order valence-electron chi connectivity index (χ3n) is 5.92. The highest BCUT2D eigenvalue weighted by Crippen LogP contribution is 2.26. The van der Waals surface area contributed by atoms with E-state index in [2.05, 4.69) is 20.9 Å². The minimum Gasteiger partial charge on any atom is -0.496 e. The van der Waals surface area contributed by atoms with E-state index in [1.807, 2.05) is 0 Å². The van der Waals surface area contributed by atoms with E-state index < -0.39 is 36.2 Å². The number of carboxylic acids is 1. The molecule has 0 aliphatic rings. The molecule has 2 amide bonds. The molecule has 4 aromatic rings. The van der Waals surface area contributed by atoms with Crippen LogP contribution in [0.5, 0.6) is 5.75 Å². The summed E-state index contributed by atoms with van der Waals surface area (Å²) in [5, 5.41) is 29.7. The van der Waals surface area contributed by atoms with Crippen molar-refractivity contribution in [3.05, 3.63) is 100 Å². The first kappa shape index (κ1) is 29.2. The van der Waals surface area contributed by atoms with Crippen LogP contribution in [0.4, 0.5) is 10.2 Å². The second-order valence-electron chi connectivity index (χ2n) is 8.82. The predicted octanol–water partition coefficient (Wildman–Crippen LogP) is 3.72. The molecule has 0 aliphatic heterocycles. The molecule has 0 spiro atoms. The SMILES string of the molecule is COc1ccccc1C(=O)Nc1cc(C(=O)NN(Cc2ccc(-c3cc(Cl)ccc3F)cc2)CC(O)C(=O)O)[nH]n1. The van der Waals surface area contributed by atoms with Gasteiger partial charge in [-0.05, 0) is 41.5 Å². The summed E-state index contributed by atoms with van der Waals surface area (Å²) in [5.74, 6) is -2.71. The Morgan fingerprint density at radius 3 is 2.51 bits per heavy atom. The van der Waals surface area contributed by atoms with Crippen molar-refractivity contribution in [2.24, 2.45) is 0 Å². The van der Waals surface area contributed by atoms with Crippen LogP contribution >= 0.6 is 11.6 Å². The van der Waals surface area contributed by atoms with Crippen LogP contribution < -0.4 is 15.5 Å². The number of amides is 2. The number of aliphatic hydroxyl groups is 1. The molecule has 11 nitrogen and oxygen atoms in total. The summed E-state index contributed by atoms with van der Waals surface area (Å²) in [6.07, 6.45) is -1.80. The summed E-state index contributed by atoms with van der Waals surface area (Å²) in [4.78, 5) is 36.8. The lowest BCUT2D eigenvalue weighted by Crippen LogP contribution is -2.47. The number of ether oxygens (including phenoxy) is 1. The fourth-order valence-electron chi connectivity index (χ4n) is 3.89. The molecular weight excluding hydrogens is 557 g/mol. The lowest BCUT2D eigenvalue weighted by molar-refractivity contribution is -0.148. The Morgan fingerprint density at radius 2 is 1.80 bits per heavy atom. The zero-order chi connectivity index (χ0) is 29.5. The number of H-pyrrole nitrogens is 1. The van der Waals surface area contributed by atoms with Crippen LogP contribution in [0.1, 0.15) is 26.4 Å². The maximum Gasteiger partial charge on any atom is 0.333 e. The lowest BCUT2D eigenvalue weighted by atomic mass is 10.0. The Labute approximate surface area is 238 Å². The van der Waals surface area contributed by atoms with E-state index in [-0.39, 0.29) is 23.6 Å². The average Bonchev–Trinajstić information content (AvgIpc) is 3.43. The molecule has 1 unspecified atom stereocenters. The van der Waals surface area contributed by atoms with Crippen molar-refractivity contribution >= 4 is 35.2 Å². The number of hydrogen-bond donors (Lipinski definition) is 5. The van der Waals surface area contributed by atoms with Gasteiger partial charge in [-0.1, -0.05) is 48.0 Å². The Morgan fingerprint density at radius 1 is 1.07 bits per heavy atom. The zero-order valence-corrected chi connectivity index (χ0v) is 22.4. The fraction of sp³-hybridized carbons (Fsp3) is 0.143. The molecule has 41 heavy (non-hydrogen) atoms. The first-order valence-electron chi connectivity index (χ1n) is 12.2. The highest BCUT2D eigenvalue weighted by atomic mass is 35.5. The van der Waals surface area contributed by atoms with Crippen molar-refractivity contribution < 1.29 is 33.7 Å². The number of aliphatic carboxylic acids is 1. The van der Waals surface area contributed by atoms with Gasteiger partial charge in [-0.15, -0.1) is 0 Å². The third-order valence-corrected chi connectivity index (χ3v) is 6.16. The van der Waals surface area contributed by atoms with Crippen molar-refractivity contribution in [2.75, 3.05) is 19.0 Å². The van der Waals surface area contributed by atoms with Gasteiger partial charge in [-0.25, -0.2) is 14.2 Å². The molecule has 0 radical (unpaired) electrons. The van der Waals surface area contributed by atoms with Gasteiger partial charge in [-0.3, -0.25) is 20.1 Å². The van der Waals surface area contributed by atoms with E-state index in [0.29, 0.717) is 27.5 Å². The number of hydrogen-bond acceptors (Lipinski definition) is 7. The molecule has 3 aromatic carbocycles. The zero-order valence-electron chi connectivity index (χ0n) is 21.6. The number of aromatic amines is 1. The van der Waals surface area contributed by atoms with E-state index in [9.17, 15) is 29.0 Å². The second-order valence-corrected chi connectivity index (χ2v) is 9.25. The number of carbonyl (C=O) groups excluding carboxylic acids is 2. The molecular formula is C28H25ClFN5O6. The summed E-state index contributed by atoms with van der Waals surface area (Å²) < 4.78 is 19.4. The summed E-state index contributed by atoms with van der Waals surface area (Å²) >= 11 is 5.99. The molecule has 0 fully saturated rings. The molecule has 0 bridgehead atoms. The number of nitrogens with zero attached hydrogens (tertiary/aromatic N) is 2. The summed E-state index contributed by atoms with van der Waals surface area (Å²) in [6.45, 7) is -0.447. The molecule has 1 aromatic heterocycles. The van der Waals surface area contributed by atoms with E-state index in [0.717, 1.165) is 0 Å². The monoisotopic (exact) mass is 581 g/mol. The number of rotatable bonds is 11. The Hall–Kier alpha value is -4.78. The number of anilines is 1. The number of hydrazine groups is 1. The summed E-state index contributed by atoms with van der Waals surface area (Å²) in [7, 11) is 1.43. The number of nitrogens with one attached hydrogen (secondary N) is 3. The summed E-state index contributed by atoms with van der Waals surface area (Å²) in [5.41, 5.74) is 4.26. The summed E-state index contributed by atoms with van der Waals surface area (Å²) in [6, 6.07) is 18.7. The number of aliphatic hydroxyl groups excluding tert-OH is 1. The number of aromatic nitrogens is 2. The number of para-hydroxylation sites is 1. The first-order valence-corrected chi connectivity index (χ1v) is 12.5. The molecule has 212 valence electrons. The normalized spacial score (nSPS) is 11.6. The van der Waals surface area contributed by atoms with Gasteiger partial charge < -0.3 is 20.3 Å². The van der Waals surface area contributed by atoms with Crippen LogP contribution in [0.3, 0.4) is 0 Å². The second kappa shape index (κ2) is 13.0. The molecule has 0 saturated heterocycles. The highest BCUT2D eigenvalue weighted by molar-refractivity contribution is 6.30. The largest absolute Gasteiger partial charge is 0.496 e. The first-order chi connectivity index (χ1) is 19.6. The number of methoxy groups -OCH3 is 1. The van der Waals surface area contributed by atoms with Gasteiger partial charge in [0.25, 0.3) is 11.8 Å². The van der Waals surface area contributed by atoms with Crippen molar-refractivity contribution in [3.63, 3.8) is 0 Å². The van der Waals surface area contributed by atoms with E-state index in [4.69, 9.17) is 16.3 Å². The maximum absolute atomic E-state index is 14.2. The molecule has 1 atom stereocenters. The Bertz CT molecular complexity index is 1560. The molecule has 0 aliphatic carbocycles. The van der Waals surface area contributed by atoms with Crippen molar-refractivity contribution in [3.8, 4) is 16.9 Å². The van der Waals surface area contributed by atoms with Gasteiger partial charge in [0.05, 0.1) is 19.2 Å². The topological polar surface area (TPSA) is 157 Å². The van der Waals surface area contributed by atoms with Gasteiger partial charge in [0.1, 0.15) is 17.3 Å². The van der Waals surface area contributed by atoms with Gasteiger partial charge in [0.15, 0.2) is 11.9 Å². The smallest absolute Gasteiger partial charge is 0.333 e. The van der Waals surface area contributed by atoms with Crippen LogP contribution in [0.25, 0.3) is 11.1 Å². The number of benzene rings is 3. The van der Waals surface area contributed by atoms with Gasteiger partial charge in [0.2, 0.25) is 0 Å². The number of halogens is 2. The molecule has 13 heteroatoms. The van der Waals surface area contributed by atoms with Crippen molar-refractivity contribution in [2.45, 2.75) is 12.6 Å². The third kappa shape index (κ3) is 7.45. The van der Waals surface area contributed by atoms with E-state index in [1.165, 1.54) is 36.4 Å². The van der Waals surface area contributed by atoms with Gasteiger partial charge in [-0.2, -0.15) is 5.10 Å². The lowest BCUT2D eigenvalue weighted by Gasteiger charge is -2.24. The minimum atomic E-state index is -1.80. The quantitative estimate of drug-likeness (QED) is 0.168. The van der Waals surface area contributed by atoms with Crippen molar-refractivity contribution in [1.82, 2.24) is 20.6 Å². The van der Waals surface area contributed by atoms with Crippen LogP contribution in [0.15, 0.2) is 72.8 Å². The Balaban J connectivity index is 1.46. The minimum absolute atomic E-state index is 0.0000794. The highest BCUT2D eigenvalue weighted by Gasteiger charge is 2.22. The van der Waals surface area contributed by atoms with Gasteiger partial charge >= 0.3 is 5.97 Å². The number of carboxylic acid groups (broad SMARTS) is 1. The predicted molar refractivity (Wildman–Crippen MR) is 148 cm³/mol. The molecule has 1 heterocycles. The van der Waals surface area contributed by atoms with Gasteiger partial charge in [0, 0.05) is 23.2 Å². The van der Waals surface area contributed by atoms with Crippen molar-refractivity contribution in [1.29, 1.82) is 0 Å². The standard InChI is InChI=1S/C28H25ClFN5O6/c1-41-24-5-3-2-4-19(24)26(37)31-25-13-22(32-33-25)27(38)34-35(15-23(36)28(39)40)14-16-6-8-17(9-7-16)20-12-18(29)10-11-21(20)30/h2-13,23,36H,14-15H2,1H3,(H,34,38)(H,39,40)(H2,31,32,33,37). The van der Waals surface area contributed by atoms with Crippen LogP contribution in [0.2, 0.25) is 5.02 Å². The van der Waals surface area contributed by atoms with E-state index >= 15 is 0 Å². The van der Waals surface area contributed by atoms with E-state index in [1.54, 1.807) is 48.5 Å². The molecule has 4 rings (SSSR count). The molecule has 0 saturated carbocycles. The van der Waals surface area contributed by atoms with Crippen LogP contribution in [-0.4, -0.2) is 63.0 Å². The number of carbonyl (C=O) groups is 3.